The van der Waals surface area contributed by atoms with E-state index in [0.717, 1.165) is 27.0 Å². The molecule has 17 heavy (non-hydrogen) atoms. The highest BCUT2D eigenvalue weighted by molar-refractivity contribution is 9.10. The minimum atomic E-state index is 0.621. The Balaban J connectivity index is 2.69. The van der Waals surface area contributed by atoms with Crippen molar-refractivity contribution in [3.05, 3.63) is 28.2 Å². The Labute approximate surface area is 109 Å². The molecule has 0 unspecified atom stereocenters. The first kappa shape index (κ1) is 12.0. The van der Waals surface area contributed by atoms with Gasteiger partial charge in [0.15, 0.2) is 0 Å². The number of nitrogen functional groups attached to an aromatic ring is 1. The van der Waals surface area contributed by atoms with E-state index < -0.39 is 0 Å². The van der Waals surface area contributed by atoms with E-state index in [9.17, 15) is 0 Å². The zero-order valence-electron chi connectivity index (χ0n) is 9.99. The molecule has 1 aromatic heterocycles. The van der Waals surface area contributed by atoms with Crippen molar-refractivity contribution in [3.63, 3.8) is 0 Å². The zero-order valence-corrected chi connectivity index (χ0v) is 11.6. The van der Waals surface area contributed by atoms with Crippen molar-refractivity contribution in [1.29, 1.82) is 0 Å². The van der Waals surface area contributed by atoms with Gasteiger partial charge >= 0.3 is 0 Å². The van der Waals surface area contributed by atoms with Gasteiger partial charge in [-0.3, -0.25) is 4.68 Å². The van der Waals surface area contributed by atoms with Crippen LogP contribution >= 0.6 is 15.9 Å². The third-order valence-corrected chi connectivity index (χ3v) is 3.34. The normalized spacial score (nSPS) is 10.6. The van der Waals surface area contributed by atoms with Crippen molar-refractivity contribution in [2.45, 2.75) is 6.92 Å². The molecule has 0 radical (unpaired) electrons. The third-order valence-electron chi connectivity index (χ3n) is 2.68. The summed E-state index contributed by atoms with van der Waals surface area (Å²) in [4.78, 5) is 0. The van der Waals surface area contributed by atoms with Crippen LogP contribution in [0.25, 0.3) is 11.3 Å². The Morgan fingerprint density at radius 2 is 2.12 bits per heavy atom. The lowest BCUT2D eigenvalue weighted by Crippen LogP contribution is -1.97. The van der Waals surface area contributed by atoms with Crippen LogP contribution in [0.3, 0.4) is 0 Å². The molecule has 4 nitrogen and oxygen atoms in total. The van der Waals surface area contributed by atoms with Crippen LogP contribution in [0.4, 0.5) is 5.82 Å². The lowest BCUT2D eigenvalue weighted by atomic mass is 10.1. The molecule has 0 saturated heterocycles. The van der Waals surface area contributed by atoms with Crippen LogP contribution in [-0.2, 0) is 7.05 Å². The number of aromatic nitrogens is 2. The van der Waals surface area contributed by atoms with Crippen LogP contribution < -0.4 is 10.5 Å². The fraction of sp³-hybridized carbons (Fsp3) is 0.250. The molecule has 1 heterocycles. The number of anilines is 1. The summed E-state index contributed by atoms with van der Waals surface area (Å²) in [7, 11) is 3.47. The largest absolute Gasteiger partial charge is 0.496 e. The van der Waals surface area contributed by atoms with Crippen LogP contribution in [-0.4, -0.2) is 16.9 Å². The molecule has 90 valence electrons. The van der Waals surface area contributed by atoms with Crippen molar-refractivity contribution in [2.24, 2.45) is 7.05 Å². The zero-order chi connectivity index (χ0) is 12.6. The molecular weight excluding hydrogens is 282 g/mol. The van der Waals surface area contributed by atoms with Gasteiger partial charge < -0.3 is 10.5 Å². The number of nitrogens with zero attached hydrogens (tertiary/aromatic N) is 2. The molecule has 0 aliphatic rings. The van der Waals surface area contributed by atoms with E-state index >= 15 is 0 Å². The maximum absolute atomic E-state index is 5.80. The second-order valence-electron chi connectivity index (χ2n) is 3.85. The van der Waals surface area contributed by atoms with Crippen LogP contribution in [0, 0.1) is 6.92 Å². The molecule has 0 atom stereocenters. The van der Waals surface area contributed by atoms with E-state index in [1.54, 1.807) is 11.8 Å². The van der Waals surface area contributed by atoms with E-state index in [0.29, 0.717) is 5.82 Å². The van der Waals surface area contributed by atoms with E-state index in [-0.39, 0.29) is 0 Å². The monoisotopic (exact) mass is 295 g/mol. The van der Waals surface area contributed by atoms with Crippen LogP contribution in [0.1, 0.15) is 5.56 Å². The number of ether oxygens (including phenoxy) is 1. The predicted molar refractivity (Wildman–Crippen MR) is 72.0 cm³/mol. The number of nitrogens with two attached hydrogens (primary N) is 1. The number of halogens is 1. The Bertz CT molecular complexity index is 544. The minimum absolute atomic E-state index is 0.621. The molecule has 0 aliphatic heterocycles. The molecule has 2 rings (SSSR count). The second-order valence-corrected chi connectivity index (χ2v) is 4.70. The van der Waals surface area contributed by atoms with E-state index in [1.165, 1.54) is 0 Å². The summed E-state index contributed by atoms with van der Waals surface area (Å²) in [5.41, 5.74) is 8.60. The fourth-order valence-electron chi connectivity index (χ4n) is 1.77. The quantitative estimate of drug-likeness (QED) is 0.927. The SMILES string of the molecule is COc1c(C)ccc(Br)c1-c1cc(N)n(C)n1. The highest BCUT2D eigenvalue weighted by Crippen LogP contribution is 2.38. The lowest BCUT2D eigenvalue weighted by Gasteiger charge is -2.11. The van der Waals surface area contributed by atoms with Gasteiger partial charge in [0.2, 0.25) is 0 Å². The first-order chi connectivity index (χ1) is 8.04. The smallest absolute Gasteiger partial charge is 0.132 e. The van der Waals surface area contributed by atoms with Crippen molar-refractivity contribution in [2.75, 3.05) is 12.8 Å². The molecule has 0 amide bonds. The van der Waals surface area contributed by atoms with Gasteiger partial charge in [-0.1, -0.05) is 6.07 Å². The summed E-state index contributed by atoms with van der Waals surface area (Å²) >= 11 is 3.52. The van der Waals surface area contributed by atoms with Gasteiger partial charge in [-0.25, -0.2) is 0 Å². The molecule has 0 fully saturated rings. The van der Waals surface area contributed by atoms with E-state index in [1.807, 2.05) is 32.2 Å². The van der Waals surface area contributed by atoms with Gasteiger partial charge in [0.25, 0.3) is 0 Å². The van der Waals surface area contributed by atoms with E-state index in [4.69, 9.17) is 10.5 Å². The van der Waals surface area contributed by atoms with Crippen molar-refractivity contribution >= 4 is 21.7 Å². The maximum Gasteiger partial charge on any atom is 0.132 e. The predicted octanol–water partition coefficient (Wildman–Crippen LogP) is 2.75. The standard InChI is InChI=1S/C12H14BrN3O/c1-7-4-5-8(13)11(12(7)17-3)9-6-10(14)16(2)15-9/h4-6H,14H2,1-3H3. The highest BCUT2D eigenvalue weighted by atomic mass is 79.9. The van der Waals surface area contributed by atoms with Crippen molar-refractivity contribution in [3.8, 4) is 17.0 Å². The van der Waals surface area contributed by atoms with Crippen LogP contribution in [0.5, 0.6) is 5.75 Å². The number of benzene rings is 1. The minimum Gasteiger partial charge on any atom is -0.496 e. The van der Waals surface area contributed by atoms with Crippen molar-refractivity contribution in [1.82, 2.24) is 9.78 Å². The third kappa shape index (κ3) is 2.02. The molecule has 0 saturated carbocycles. The highest BCUT2D eigenvalue weighted by Gasteiger charge is 2.16. The lowest BCUT2D eigenvalue weighted by molar-refractivity contribution is 0.413. The number of aryl methyl sites for hydroxylation is 2. The Kier molecular flexibility index (Phi) is 3.11. The van der Waals surface area contributed by atoms with Gasteiger partial charge in [-0.2, -0.15) is 5.10 Å². The summed E-state index contributed by atoms with van der Waals surface area (Å²) in [6.07, 6.45) is 0. The van der Waals surface area contributed by atoms with Crippen molar-refractivity contribution < 1.29 is 4.74 Å². The fourth-order valence-corrected chi connectivity index (χ4v) is 2.28. The van der Waals surface area contributed by atoms with E-state index in [2.05, 4.69) is 21.0 Å². The average Bonchev–Trinajstić information content (AvgIpc) is 2.61. The van der Waals surface area contributed by atoms with Gasteiger partial charge in [-0.15, -0.1) is 0 Å². The number of hydrogen-bond donors (Lipinski definition) is 1. The summed E-state index contributed by atoms with van der Waals surface area (Å²) in [6, 6.07) is 5.82. The molecular formula is C12H14BrN3O. The first-order valence-corrected chi connectivity index (χ1v) is 5.97. The average molecular weight is 296 g/mol. The summed E-state index contributed by atoms with van der Waals surface area (Å²) in [5.74, 6) is 1.44. The molecule has 1 aromatic carbocycles. The Hall–Kier alpha value is -1.49. The molecule has 2 aromatic rings. The van der Waals surface area contributed by atoms with Crippen LogP contribution in [0.15, 0.2) is 22.7 Å². The second kappa shape index (κ2) is 4.41. The molecule has 0 spiro atoms. The molecule has 0 aliphatic carbocycles. The molecule has 5 heteroatoms. The van der Waals surface area contributed by atoms with Gasteiger partial charge in [0, 0.05) is 17.6 Å². The first-order valence-electron chi connectivity index (χ1n) is 5.17. The summed E-state index contributed by atoms with van der Waals surface area (Å²) in [6.45, 7) is 2.00. The number of hydrogen-bond acceptors (Lipinski definition) is 3. The molecule has 0 bridgehead atoms. The number of methoxy groups -OCH3 is 1. The Morgan fingerprint density at radius 1 is 1.41 bits per heavy atom. The summed E-state index contributed by atoms with van der Waals surface area (Å²) < 4.78 is 8.03. The van der Waals surface area contributed by atoms with Gasteiger partial charge in [-0.05, 0) is 34.5 Å². The van der Waals surface area contributed by atoms with Gasteiger partial charge in [0.1, 0.15) is 11.6 Å². The number of rotatable bonds is 2. The maximum atomic E-state index is 5.80. The van der Waals surface area contributed by atoms with Gasteiger partial charge in [0.05, 0.1) is 18.4 Å². The van der Waals surface area contributed by atoms with Crippen LogP contribution in [0.2, 0.25) is 0 Å². The Morgan fingerprint density at radius 3 is 2.65 bits per heavy atom. The summed E-state index contributed by atoms with van der Waals surface area (Å²) in [5, 5.41) is 4.37. The molecule has 2 N–H and O–H groups in total. The topological polar surface area (TPSA) is 53.1 Å².